The summed E-state index contributed by atoms with van der Waals surface area (Å²) < 4.78 is 416. The van der Waals surface area contributed by atoms with Gasteiger partial charge in [-0.15, -0.1) is 0 Å². The zero-order chi connectivity index (χ0) is 46.7. The number of halogens is 32. The number of rotatable bonds is 13. The first kappa shape index (κ1) is 51.1. The molecule has 0 amide bonds. The maximum absolute atomic E-state index is 15.3. The maximum Gasteiger partial charge on any atom is 0.460 e. The lowest BCUT2D eigenvalue weighted by molar-refractivity contribution is -0.453. The predicted octanol–water partition coefficient (Wildman–Crippen LogP) is 14.3. The van der Waals surface area contributed by atoms with E-state index in [0.717, 1.165) is 0 Å². The molecule has 0 fully saturated rings. The van der Waals surface area contributed by atoms with Crippen LogP contribution in [0.3, 0.4) is 0 Å². The fourth-order valence-electron chi connectivity index (χ4n) is 4.29. The van der Waals surface area contributed by atoms with Crippen LogP contribution in [0.4, 0.5) is 132 Å². The zero-order valence-corrected chi connectivity index (χ0v) is 27.1. The van der Waals surface area contributed by atoms with Gasteiger partial charge in [-0.25, -0.2) is 0 Å². The van der Waals surface area contributed by atoms with Crippen molar-refractivity contribution in [3.63, 3.8) is 0 Å². The van der Waals surface area contributed by atoms with Crippen molar-refractivity contribution < 1.29 is 132 Å². The van der Waals surface area contributed by atoms with Gasteiger partial charge in [0.15, 0.2) is 0 Å². The molecule has 0 bridgehead atoms. The predicted molar refractivity (Wildman–Crippen MR) is 131 cm³/mol. The molecule has 0 aliphatic carbocycles. The highest BCUT2D eigenvalue weighted by Crippen LogP contribution is 2.67. The van der Waals surface area contributed by atoms with Crippen LogP contribution in [0.1, 0.15) is 11.1 Å². The second-order valence-corrected chi connectivity index (χ2v) is 12.1. The topological polar surface area (TPSA) is 0 Å². The van der Waals surface area contributed by atoms with Crippen LogP contribution in [0.2, 0.25) is 10.0 Å². The highest BCUT2D eigenvalue weighted by Gasteiger charge is 2.95. The van der Waals surface area contributed by atoms with Gasteiger partial charge in [-0.1, -0.05) is 35.3 Å². The van der Waals surface area contributed by atoms with Gasteiger partial charge in [0.25, 0.3) is 0 Å². The molecule has 58 heavy (non-hydrogen) atoms. The van der Waals surface area contributed by atoms with Gasteiger partial charge >= 0.3 is 83.4 Å². The van der Waals surface area contributed by atoms with Crippen molar-refractivity contribution >= 4 is 23.2 Å². The monoisotopic (exact) mass is 958 g/mol. The second-order valence-electron chi connectivity index (χ2n) is 11.3. The Bertz CT molecular complexity index is 1720. The summed E-state index contributed by atoms with van der Waals surface area (Å²) in [5.74, 6) is -103. The Hall–Kier alpha value is -3.08. The molecule has 0 nitrogen and oxygen atoms in total. The van der Waals surface area contributed by atoms with E-state index < -0.39 is 140 Å². The Morgan fingerprint density at radius 2 is 0.448 bits per heavy atom. The molecule has 0 atom stereocenters. The molecule has 32 heteroatoms. The minimum atomic E-state index is -8.99. The third-order valence-corrected chi connectivity index (χ3v) is 8.06. The van der Waals surface area contributed by atoms with E-state index in [1.54, 1.807) is 0 Å². The highest BCUT2D eigenvalue weighted by molar-refractivity contribution is 6.31. The van der Waals surface area contributed by atoms with E-state index in [1.807, 2.05) is 0 Å². The molecule has 0 spiro atoms. The van der Waals surface area contributed by atoms with Crippen molar-refractivity contribution in [3.8, 4) is 11.1 Å². The van der Waals surface area contributed by atoms with E-state index in [0.29, 0.717) is 0 Å². The van der Waals surface area contributed by atoms with Crippen molar-refractivity contribution in [2.75, 3.05) is 0 Å². The first-order valence-electron chi connectivity index (χ1n) is 13.3. The van der Waals surface area contributed by atoms with E-state index in [4.69, 9.17) is 23.2 Å². The van der Waals surface area contributed by atoms with Gasteiger partial charge in [-0.3, -0.25) is 0 Å². The smallest absolute Gasteiger partial charge is 0.194 e. The Morgan fingerprint density at radius 1 is 0.259 bits per heavy atom. The lowest BCUT2D eigenvalue weighted by atomic mass is 9.82. The van der Waals surface area contributed by atoms with Crippen LogP contribution in [-0.2, 0) is 11.8 Å². The summed E-state index contributed by atoms with van der Waals surface area (Å²) in [7, 11) is 0. The van der Waals surface area contributed by atoms with Crippen molar-refractivity contribution in [1.29, 1.82) is 0 Å². The van der Waals surface area contributed by atoms with Crippen molar-refractivity contribution in [2.45, 2.75) is 83.4 Å². The molecule has 0 radical (unpaired) electrons. The molecular weight excluding hydrogens is 953 g/mol. The van der Waals surface area contributed by atoms with Crippen LogP contribution in [-0.4, -0.2) is 71.6 Å². The molecular formula is C26H6Cl2F30. The lowest BCUT2D eigenvalue weighted by Crippen LogP contribution is -2.72. The highest BCUT2D eigenvalue weighted by atomic mass is 35.5. The fraction of sp³-hybridized carbons (Fsp3) is 0.538. The van der Waals surface area contributed by atoms with E-state index >= 15 is 17.6 Å². The largest absolute Gasteiger partial charge is 0.460 e. The second kappa shape index (κ2) is 13.7. The van der Waals surface area contributed by atoms with Gasteiger partial charge in [-0.2, -0.15) is 132 Å². The van der Waals surface area contributed by atoms with Crippen molar-refractivity contribution in [1.82, 2.24) is 0 Å². The number of benzene rings is 2. The average Bonchev–Trinajstić information content (AvgIpc) is 3.02. The molecule has 0 N–H and O–H groups in total. The van der Waals surface area contributed by atoms with Gasteiger partial charge in [0.05, 0.1) is 0 Å². The Labute approximate surface area is 307 Å². The van der Waals surface area contributed by atoms with Crippen LogP contribution < -0.4 is 0 Å². The summed E-state index contributed by atoms with van der Waals surface area (Å²) in [5, 5.41) is -3.38. The van der Waals surface area contributed by atoms with E-state index in [9.17, 15) is 114 Å². The van der Waals surface area contributed by atoms with Crippen LogP contribution >= 0.6 is 23.2 Å². The Morgan fingerprint density at radius 3 is 0.655 bits per heavy atom. The minimum Gasteiger partial charge on any atom is -0.194 e. The summed E-state index contributed by atoms with van der Waals surface area (Å²) in [5.41, 5.74) is -12.5. The fourth-order valence-corrected chi connectivity index (χ4v) is 4.64. The molecule has 0 saturated carbocycles. The summed E-state index contributed by atoms with van der Waals surface area (Å²) in [6.07, 6.45) is -16.1. The quantitative estimate of drug-likeness (QED) is 0.176. The molecule has 0 aromatic heterocycles. The molecule has 0 heterocycles. The average molecular weight is 959 g/mol. The standard InChI is InChI=1S/C26H6Cl2F30/c27-7-1-3-9(11(5-7)13(29,30)15(33,34)17(37,38)19(41,42)21(45,46)23(49,50)25(53,54)55)10-4-2-8(28)6-12(10)14(31,32)16(35,36)18(39,40)20(43,44)22(47,48)24(51,52)26(56,57)58/h1-6H. The summed E-state index contributed by atoms with van der Waals surface area (Å²) in [4.78, 5) is 0. The van der Waals surface area contributed by atoms with Gasteiger partial charge in [0.2, 0.25) is 0 Å². The molecule has 2 aromatic carbocycles. The third-order valence-electron chi connectivity index (χ3n) is 7.59. The van der Waals surface area contributed by atoms with E-state index in [1.165, 1.54) is 0 Å². The molecule has 334 valence electrons. The molecule has 2 aromatic rings. The summed E-state index contributed by atoms with van der Waals surface area (Å²) in [6.45, 7) is 0. The van der Waals surface area contributed by atoms with Crippen molar-refractivity contribution in [3.05, 3.63) is 57.6 Å². The van der Waals surface area contributed by atoms with Crippen LogP contribution in [0.15, 0.2) is 36.4 Å². The van der Waals surface area contributed by atoms with Gasteiger partial charge in [0.1, 0.15) is 0 Å². The normalized spacial score (nSPS) is 15.9. The summed E-state index contributed by atoms with van der Waals surface area (Å²) in [6, 6.07) is -3.66. The van der Waals surface area contributed by atoms with Gasteiger partial charge in [0, 0.05) is 21.2 Å². The first-order chi connectivity index (χ1) is 25.0. The van der Waals surface area contributed by atoms with Crippen LogP contribution in [0.5, 0.6) is 0 Å². The van der Waals surface area contributed by atoms with Gasteiger partial charge in [-0.05, 0) is 35.4 Å². The summed E-state index contributed by atoms with van der Waals surface area (Å²) >= 11 is 10.3. The first-order valence-corrected chi connectivity index (χ1v) is 14.0. The minimum absolute atomic E-state index is 0.156. The van der Waals surface area contributed by atoms with E-state index in [-0.39, 0.29) is 12.1 Å². The molecule has 0 unspecified atom stereocenters. The third kappa shape index (κ3) is 6.61. The Balaban J connectivity index is 3.06. The van der Waals surface area contributed by atoms with Crippen LogP contribution in [0.25, 0.3) is 11.1 Å². The maximum atomic E-state index is 15.3. The van der Waals surface area contributed by atoms with Gasteiger partial charge < -0.3 is 0 Å². The Kier molecular flexibility index (Phi) is 12.1. The molecule has 0 aliphatic rings. The molecule has 0 aliphatic heterocycles. The van der Waals surface area contributed by atoms with E-state index in [2.05, 4.69) is 0 Å². The number of alkyl halides is 30. The number of hydrogen-bond acceptors (Lipinski definition) is 0. The van der Waals surface area contributed by atoms with Crippen LogP contribution in [0, 0.1) is 0 Å². The SMILES string of the molecule is FC(F)(F)C(F)(F)C(F)(F)C(F)(F)C(F)(F)C(F)(F)C(F)(F)c1cc(Cl)ccc1-c1ccc(Cl)cc1C(F)(F)C(F)(F)C(F)(F)C(F)(F)C(F)(F)C(F)(F)C(F)(F)F. The number of hydrogen-bond donors (Lipinski definition) is 0. The zero-order valence-electron chi connectivity index (χ0n) is 25.6. The van der Waals surface area contributed by atoms with Crippen molar-refractivity contribution in [2.24, 2.45) is 0 Å². The molecule has 0 saturated heterocycles. The lowest BCUT2D eigenvalue weighted by Gasteiger charge is -2.42. The molecule has 2 rings (SSSR count).